The highest BCUT2D eigenvalue weighted by molar-refractivity contribution is 9.10. The van der Waals surface area contributed by atoms with Crippen LogP contribution >= 0.6 is 31.9 Å². The van der Waals surface area contributed by atoms with Gasteiger partial charge in [0, 0.05) is 10.5 Å². The Kier molecular flexibility index (Phi) is 3.75. The second-order valence-corrected chi connectivity index (χ2v) is 6.60. The molecule has 1 atom stereocenters. The molecule has 6 heteroatoms. The predicted octanol–water partition coefficient (Wildman–Crippen LogP) is 4.89. The SMILES string of the molecule is CC(c1cccc(Br)c1)n1c(N)nc2cc(F)c(Br)cc21. The Hall–Kier alpha value is -1.40. The van der Waals surface area contributed by atoms with E-state index in [0.717, 1.165) is 15.6 Å². The van der Waals surface area contributed by atoms with Crippen LogP contribution in [-0.2, 0) is 0 Å². The lowest BCUT2D eigenvalue weighted by atomic mass is 10.1. The van der Waals surface area contributed by atoms with Crippen LogP contribution in [0.2, 0.25) is 0 Å². The fraction of sp³-hybridized carbons (Fsp3) is 0.133. The molecule has 0 fully saturated rings. The monoisotopic (exact) mass is 411 g/mol. The van der Waals surface area contributed by atoms with E-state index < -0.39 is 0 Å². The number of rotatable bonds is 2. The Labute approximate surface area is 138 Å². The summed E-state index contributed by atoms with van der Waals surface area (Å²) in [6.07, 6.45) is 0. The van der Waals surface area contributed by atoms with Crippen LogP contribution < -0.4 is 5.73 Å². The second-order valence-electron chi connectivity index (χ2n) is 4.83. The number of hydrogen-bond acceptors (Lipinski definition) is 2. The normalized spacial score (nSPS) is 12.8. The van der Waals surface area contributed by atoms with Crippen molar-refractivity contribution in [3.05, 3.63) is 56.7 Å². The molecule has 0 radical (unpaired) electrons. The van der Waals surface area contributed by atoms with Gasteiger partial charge in [0.05, 0.1) is 21.5 Å². The maximum absolute atomic E-state index is 13.6. The number of anilines is 1. The van der Waals surface area contributed by atoms with Gasteiger partial charge in [-0.15, -0.1) is 0 Å². The van der Waals surface area contributed by atoms with E-state index in [1.807, 2.05) is 35.8 Å². The molecule has 0 aliphatic rings. The molecular weight excluding hydrogens is 401 g/mol. The number of imidazole rings is 1. The van der Waals surface area contributed by atoms with Gasteiger partial charge in [-0.25, -0.2) is 9.37 Å². The summed E-state index contributed by atoms with van der Waals surface area (Å²) in [6.45, 7) is 2.04. The Morgan fingerprint density at radius 3 is 2.71 bits per heavy atom. The van der Waals surface area contributed by atoms with Gasteiger partial charge < -0.3 is 10.3 Å². The van der Waals surface area contributed by atoms with E-state index in [1.165, 1.54) is 6.07 Å². The lowest BCUT2D eigenvalue weighted by Gasteiger charge is -2.17. The van der Waals surface area contributed by atoms with Crippen molar-refractivity contribution in [2.24, 2.45) is 0 Å². The summed E-state index contributed by atoms with van der Waals surface area (Å²) in [7, 11) is 0. The van der Waals surface area contributed by atoms with Gasteiger partial charge >= 0.3 is 0 Å². The van der Waals surface area contributed by atoms with E-state index in [9.17, 15) is 4.39 Å². The van der Waals surface area contributed by atoms with Crippen molar-refractivity contribution >= 4 is 48.8 Å². The first-order chi connectivity index (χ1) is 9.97. The van der Waals surface area contributed by atoms with Gasteiger partial charge in [-0.1, -0.05) is 28.1 Å². The van der Waals surface area contributed by atoms with Gasteiger partial charge in [-0.2, -0.15) is 0 Å². The summed E-state index contributed by atoms with van der Waals surface area (Å²) in [4.78, 5) is 4.25. The zero-order valence-electron chi connectivity index (χ0n) is 11.1. The summed E-state index contributed by atoms with van der Waals surface area (Å²) in [6, 6.07) is 11.1. The van der Waals surface area contributed by atoms with Crippen LogP contribution in [0, 0.1) is 5.82 Å². The highest BCUT2D eigenvalue weighted by Crippen LogP contribution is 2.31. The first-order valence-electron chi connectivity index (χ1n) is 6.35. The molecule has 1 unspecified atom stereocenters. The minimum Gasteiger partial charge on any atom is -0.369 e. The van der Waals surface area contributed by atoms with Crippen molar-refractivity contribution in [3.8, 4) is 0 Å². The van der Waals surface area contributed by atoms with Crippen LogP contribution in [0.5, 0.6) is 0 Å². The van der Waals surface area contributed by atoms with E-state index in [0.29, 0.717) is 15.9 Å². The number of nitrogen functional groups attached to an aromatic ring is 1. The molecule has 1 aromatic heterocycles. The molecule has 0 saturated heterocycles. The van der Waals surface area contributed by atoms with E-state index in [1.54, 1.807) is 6.07 Å². The van der Waals surface area contributed by atoms with Crippen molar-refractivity contribution in [2.45, 2.75) is 13.0 Å². The minimum atomic E-state index is -0.345. The van der Waals surface area contributed by atoms with Gasteiger partial charge in [-0.3, -0.25) is 0 Å². The molecule has 2 aromatic carbocycles. The molecule has 0 spiro atoms. The largest absolute Gasteiger partial charge is 0.369 e. The average molecular weight is 413 g/mol. The smallest absolute Gasteiger partial charge is 0.201 e. The molecule has 0 aliphatic heterocycles. The zero-order valence-corrected chi connectivity index (χ0v) is 14.3. The van der Waals surface area contributed by atoms with Gasteiger partial charge in [0.1, 0.15) is 5.82 Å². The second kappa shape index (κ2) is 5.42. The van der Waals surface area contributed by atoms with Crippen molar-refractivity contribution in [1.82, 2.24) is 9.55 Å². The summed E-state index contributed by atoms with van der Waals surface area (Å²) in [5.74, 6) is 0.0252. The lowest BCUT2D eigenvalue weighted by molar-refractivity contribution is 0.622. The summed E-state index contributed by atoms with van der Waals surface area (Å²) >= 11 is 6.68. The maximum Gasteiger partial charge on any atom is 0.201 e. The van der Waals surface area contributed by atoms with Gasteiger partial charge in [0.2, 0.25) is 5.95 Å². The molecule has 0 amide bonds. The maximum atomic E-state index is 13.6. The molecule has 1 heterocycles. The Balaban J connectivity index is 2.19. The fourth-order valence-electron chi connectivity index (χ4n) is 2.43. The van der Waals surface area contributed by atoms with E-state index in [-0.39, 0.29) is 11.9 Å². The molecule has 108 valence electrons. The van der Waals surface area contributed by atoms with Crippen LogP contribution in [0.25, 0.3) is 11.0 Å². The van der Waals surface area contributed by atoms with Crippen LogP contribution in [0.1, 0.15) is 18.5 Å². The molecule has 3 aromatic rings. The van der Waals surface area contributed by atoms with Crippen LogP contribution in [0.3, 0.4) is 0 Å². The minimum absolute atomic E-state index is 0.00939. The van der Waals surface area contributed by atoms with Crippen molar-refractivity contribution < 1.29 is 4.39 Å². The third-order valence-electron chi connectivity index (χ3n) is 3.48. The summed E-state index contributed by atoms with van der Waals surface area (Å²) < 4.78 is 16.9. The average Bonchev–Trinajstić information content (AvgIpc) is 2.74. The molecule has 3 rings (SSSR count). The lowest BCUT2D eigenvalue weighted by Crippen LogP contribution is -2.10. The Morgan fingerprint density at radius 2 is 2.00 bits per heavy atom. The molecule has 2 N–H and O–H groups in total. The fourth-order valence-corrected chi connectivity index (χ4v) is 3.18. The standard InChI is InChI=1S/C15H12Br2FN3/c1-8(9-3-2-4-10(16)5-9)21-14-6-11(17)12(18)7-13(14)20-15(21)19/h2-8H,1H3,(H2,19,20). The predicted molar refractivity (Wildman–Crippen MR) is 89.8 cm³/mol. The third-order valence-corrected chi connectivity index (χ3v) is 4.58. The van der Waals surface area contributed by atoms with E-state index in [4.69, 9.17) is 5.73 Å². The molecular formula is C15H12Br2FN3. The van der Waals surface area contributed by atoms with Crippen molar-refractivity contribution in [3.63, 3.8) is 0 Å². The van der Waals surface area contributed by atoms with Gasteiger partial charge in [0.15, 0.2) is 0 Å². The molecule has 21 heavy (non-hydrogen) atoms. The zero-order chi connectivity index (χ0) is 15.1. The van der Waals surface area contributed by atoms with Crippen molar-refractivity contribution in [1.29, 1.82) is 0 Å². The van der Waals surface area contributed by atoms with Gasteiger partial charge in [-0.05, 0) is 46.6 Å². The van der Waals surface area contributed by atoms with E-state index in [2.05, 4.69) is 36.8 Å². The number of halogens is 3. The summed E-state index contributed by atoms with van der Waals surface area (Å²) in [5.41, 5.74) is 8.48. The molecule has 0 saturated carbocycles. The topological polar surface area (TPSA) is 43.8 Å². The number of hydrogen-bond donors (Lipinski definition) is 1. The van der Waals surface area contributed by atoms with Gasteiger partial charge in [0.25, 0.3) is 0 Å². The number of fused-ring (bicyclic) bond motifs is 1. The number of nitrogens with zero attached hydrogens (tertiary/aromatic N) is 2. The quantitative estimate of drug-likeness (QED) is 0.650. The number of nitrogens with two attached hydrogens (primary N) is 1. The van der Waals surface area contributed by atoms with Crippen LogP contribution in [0.4, 0.5) is 10.3 Å². The first-order valence-corrected chi connectivity index (χ1v) is 7.94. The van der Waals surface area contributed by atoms with Crippen LogP contribution in [-0.4, -0.2) is 9.55 Å². The Bertz CT molecular complexity index is 829. The highest BCUT2D eigenvalue weighted by atomic mass is 79.9. The first kappa shape index (κ1) is 14.5. The molecule has 0 bridgehead atoms. The molecule has 3 nitrogen and oxygen atoms in total. The van der Waals surface area contributed by atoms with E-state index >= 15 is 0 Å². The third kappa shape index (κ3) is 2.58. The highest BCUT2D eigenvalue weighted by Gasteiger charge is 2.17. The number of aromatic nitrogens is 2. The summed E-state index contributed by atoms with van der Waals surface area (Å²) in [5, 5.41) is 0. The Morgan fingerprint density at radius 1 is 1.24 bits per heavy atom. The van der Waals surface area contributed by atoms with Crippen molar-refractivity contribution in [2.75, 3.05) is 5.73 Å². The number of benzene rings is 2. The van der Waals surface area contributed by atoms with Crippen LogP contribution in [0.15, 0.2) is 45.3 Å². The molecule has 0 aliphatic carbocycles.